The van der Waals surface area contributed by atoms with Crippen molar-refractivity contribution in [2.24, 2.45) is 0 Å². The Labute approximate surface area is 331 Å². The fourth-order valence-electron chi connectivity index (χ4n) is 5.69. The lowest BCUT2D eigenvalue weighted by molar-refractivity contribution is -0.155. The third kappa shape index (κ3) is 14.0. The molecule has 10 nitrogen and oxygen atoms in total. The van der Waals surface area contributed by atoms with Crippen LogP contribution in [0.1, 0.15) is 108 Å². The first-order valence-corrected chi connectivity index (χ1v) is 18.7. The van der Waals surface area contributed by atoms with Gasteiger partial charge in [0, 0.05) is 24.2 Å². The first-order chi connectivity index (χ1) is 27.1. The van der Waals surface area contributed by atoms with Crippen molar-refractivity contribution in [2.75, 3.05) is 20.3 Å². The van der Waals surface area contributed by atoms with Crippen molar-refractivity contribution in [3.63, 3.8) is 0 Å². The fourth-order valence-corrected chi connectivity index (χ4v) is 5.69. The standard InChI is InChI=1S/C44H49F3N2O8/c1-6-7-8-9-10-25-55-35-22-17-33(18-23-35)42(53)56-36-20-11-30(12-21-36)28-49(29-39(50)57-43(2,3)4)41(52)32-15-13-31(14-16-32)40(51)48-27-34-19-24-37(54-5)26-38(34)44(45,46)47/h11-24,26H,6-10,25,27-29H2,1-5H3,(H,48,51). The summed E-state index contributed by atoms with van der Waals surface area (Å²) in [6.45, 7) is 7.09. The number of ether oxygens (including phenoxy) is 4. The topological polar surface area (TPSA) is 120 Å². The van der Waals surface area contributed by atoms with Crippen molar-refractivity contribution < 1.29 is 51.3 Å². The molecule has 0 aromatic heterocycles. The number of esters is 2. The summed E-state index contributed by atoms with van der Waals surface area (Å²) < 4.78 is 62.6. The van der Waals surface area contributed by atoms with Crippen LogP contribution in [0.3, 0.4) is 0 Å². The molecule has 0 spiro atoms. The van der Waals surface area contributed by atoms with E-state index in [0.29, 0.717) is 23.5 Å². The molecule has 0 aliphatic carbocycles. The Morgan fingerprint density at radius 2 is 1.32 bits per heavy atom. The zero-order valence-electron chi connectivity index (χ0n) is 32.9. The Morgan fingerprint density at radius 3 is 1.93 bits per heavy atom. The summed E-state index contributed by atoms with van der Waals surface area (Å²) in [7, 11) is 1.26. The molecule has 304 valence electrons. The number of hydrogen-bond donors (Lipinski definition) is 1. The normalized spacial score (nSPS) is 11.4. The summed E-state index contributed by atoms with van der Waals surface area (Å²) in [6.07, 6.45) is 1.000. The van der Waals surface area contributed by atoms with Crippen LogP contribution in [0.15, 0.2) is 91.0 Å². The number of nitrogens with one attached hydrogen (secondary N) is 1. The molecule has 0 aliphatic heterocycles. The van der Waals surface area contributed by atoms with Gasteiger partial charge in [-0.3, -0.25) is 14.4 Å². The average Bonchev–Trinajstić information content (AvgIpc) is 3.17. The van der Waals surface area contributed by atoms with Crippen molar-refractivity contribution in [3.05, 3.63) is 124 Å². The number of unbranched alkanes of at least 4 members (excludes halogenated alkanes) is 4. The fraction of sp³-hybridized carbons (Fsp3) is 0.364. The molecule has 0 heterocycles. The van der Waals surface area contributed by atoms with Crippen LogP contribution in [0.2, 0.25) is 0 Å². The van der Waals surface area contributed by atoms with Gasteiger partial charge in [-0.15, -0.1) is 0 Å². The van der Waals surface area contributed by atoms with E-state index in [0.717, 1.165) is 18.9 Å². The van der Waals surface area contributed by atoms with Gasteiger partial charge in [0.1, 0.15) is 29.4 Å². The summed E-state index contributed by atoms with van der Waals surface area (Å²) in [5.41, 5.74) is -0.657. The molecule has 0 atom stereocenters. The number of nitrogens with zero attached hydrogens (tertiary/aromatic N) is 1. The van der Waals surface area contributed by atoms with Gasteiger partial charge in [-0.2, -0.15) is 13.2 Å². The maximum Gasteiger partial charge on any atom is 0.416 e. The highest BCUT2D eigenvalue weighted by Crippen LogP contribution is 2.34. The number of carbonyl (C=O) groups is 4. The summed E-state index contributed by atoms with van der Waals surface area (Å²) in [5, 5.41) is 2.49. The molecule has 0 aliphatic rings. The number of carbonyl (C=O) groups excluding carboxylic acids is 4. The Kier molecular flexibility index (Phi) is 15.7. The van der Waals surface area contributed by atoms with Crippen LogP contribution in [0, 0.1) is 0 Å². The summed E-state index contributed by atoms with van der Waals surface area (Å²) in [4.78, 5) is 53.6. The molecule has 0 unspecified atom stereocenters. The number of alkyl halides is 3. The van der Waals surface area contributed by atoms with Crippen LogP contribution in [-0.2, 0) is 28.8 Å². The lowest BCUT2D eigenvalue weighted by Gasteiger charge is -2.25. The minimum absolute atomic E-state index is 0.0159. The molecule has 4 aromatic carbocycles. The van der Waals surface area contributed by atoms with Gasteiger partial charge in [-0.1, -0.05) is 50.8 Å². The van der Waals surface area contributed by atoms with Gasteiger partial charge < -0.3 is 29.2 Å². The van der Waals surface area contributed by atoms with E-state index < -0.39 is 54.2 Å². The summed E-state index contributed by atoms with van der Waals surface area (Å²) >= 11 is 0. The molecule has 57 heavy (non-hydrogen) atoms. The van der Waals surface area contributed by atoms with Crippen molar-refractivity contribution in [3.8, 4) is 17.2 Å². The van der Waals surface area contributed by atoms with Crippen molar-refractivity contribution in [1.82, 2.24) is 10.2 Å². The molecule has 0 radical (unpaired) electrons. The lowest BCUT2D eigenvalue weighted by Crippen LogP contribution is -2.38. The maximum absolute atomic E-state index is 13.8. The zero-order chi connectivity index (χ0) is 41.6. The molecule has 0 saturated heterocycles. The summed E-state index contributed by atoms with van der Waals surface area (Å²) in [6, 6.07) is 22.2. The number of hydrogen-bond acceptors (Lipinski definition) is 8. The predicted molar refractivity (Wildman–Crippen MR) is 208 cm³/mol. The smallest absolute Gasteiger partial charge is 0.416 e. The molecular formula is C44H49F3N2O8. The van der Waals surface area contributed by atoms with Crippen LogP contribution in [0.25, 0.3) is 0 Å². The van der Waals surface area contributed by atoms with Crippen LogP contribution < -0.4 is 19.5 Å². The van der Waals surface area contributed by atoms with E-state index in [-0.39, 0.29) is 34.7 Å². The van der Waals surface area contributed by atoms with E-state index in [1.54, 1.807) is 69.3 Å². The molecule has 0 fully saturated rings. The van der Waals surface area contributed by atoms with Gasteiger partial charge in [-0.05, 0) is 111 Å². The van der Waals surface area contributed by atoms with Crippen LogP contribution in [-0.4, -0.2) is 54.5 Å². The van der Waals surface area contributed by atoms with Crippen LogP contribution in [0.5, 0.6) is 17.2 Å². The van der Waals surface area contributed by atoms with Gasteiger partial charge in [0.05, 0.1) is 24.8 Å². The van der Waals surface area contributed by atoms with Crippen molar-refractivity contribution in [1.29, 1.82) is 0 Å². The van der Waals surface area contributed by atoms with E-state index in [9.17, 15) is 32.3 Å². The average molecular weight is 791 g/mol. The third-order valence-corrected chi connectivity index (χ3v) is 8.60. The number of benzene rings is 4. The maximum atomic E-state index is 13.8. The Morgan fingerprint density at radius 1 is 0.719 bits per heavy atom. The quantitative estimate of drug-likeness (QED) is 0.0602. The molecule has 0 saturated carbocycles. The van der Waals surface area contributed by atoms with Crippen molar-refractivity contribution in [2.45, 2.75) is 84.7 Å². The second-order valence-corrected chi connectivity index (χ2v) is 14.3. The summed E-state index contributed by atoms with van der Waals surface area (Å²) in [5.74, 6) is -1.42. The monoisotopic (exact) mass is 790 g/mol. The minimum atomic E-state index is -4.66. The largest absolute Gasteiger partial charge is 0.497 e. The van der Waals surface area contributed by atoms with E-state index >= 15 is 0 Å². The predicted octanol–water partition coefficient (Wildman–Crippen LogP) is 9.20. The van der Waals surface area contributed by atoms with Crippen LogP contribution in [0.4, 0.5) is 13.2 Å². The molecule has 4 aromatic rings. The Balaban J connectivity index is 1.39. The van der Waals surface area contributed by atoms with E-state index in [1.807, 2.05) is 0 Å². The highest BCUT2D eigenvalue weighted by molar-refractivity contribution is 5.98. The second kappa shape index (κ2) is 20.4. The Hall–Kier alpha value is -5.85. The van der Waals surface area contributed by atoms with Gasteiger partial charge in [0.2, 0.25) is 0 Å². The number of halogens is 3. The lowest BCUT2D eigenvalue weighted by atomic mass is 10.1. The number of amides is 2. The number of methoxy groups -OCH3 is 1. The van der Waals surface area contributed by atoms with Gasteiger partial charge >= 0.3 is 18.1 Å². The second-order valence-electron chi connectivity index (χ2n) is 14.3. The highest BCUT2D eigenvalue weighted by atomic mass is 19.4. The van der Waals surface area contributed by atoms with Crippen molar-refractivity contribution >= 4 is 23.8 Å². The number of rotatable bonds is 18. The van der Waals surface area contributed by atoms with E-state index in [4.69, 9.17) is 18.9 Å². The molecule has 0 bridgehead atoms. The van der Waals surface area contributed by atoms with Crippen LogP contribution >= 0.6 is 0 Å². The first kappa shape index (κ1) is 43.9. The Bertz CT molecular complexity index is 1960. The van der Waals surface area contributed by atoms with E-state index in [2.05, 4.69) is 12.2 Å². The molecule has 1 N–H and O–H groups in total. The SMILES string of the molecule is CCCCCCCOc1ccc(C(=O)Oc2ccc(CN(CC(=O)OC(C)(C)C)C(=O)c3ccc(C(=O)NCc4ccc(OC)cc4C(F)(F)F)cc3)cc2)cc1. The molecule has 13 heteroatoms. The van der Waals surface area contributed by atoms with Gasteiger partial charge in [-0.25, -0.2) is 4.79 Å². The van der Waals surface area contributed by atoms with E-state index in [1.165, 1.54) is 67.7 Å². The van der Waals surface area contributed by atoms with Gasteiger partial charge in [0.25, 0.3) is 11.8 Å². The minimum Gasteiger partial charge on any atom is -0.497 e. The van der Waals surface area contributed by atoms with Gasteiger partial charge in [0.15, 0.2) is 0 Å². The molecule has 4 rings (SSSR count). The molecular weight excluding hydrogens is 741 g/mol. The third-order valence-electron chi connectivity index (χ3n) is 8.60. The highest BCUT2D eigenvalue weighted by Gasteiger charge is 2.34. The zero-order valence-corrected chi connectivity index (χ0v) is 32.9. The first-order valence-electron chi connectivity index (χ1n) is 18.7. The molecule has 2 amide bonds.